The molecule has 0 unspecified atom stereocenters. The summed E-state index contributed by atoms with van der Waals surface area (Å²) in [6.45, 7) is 1.73. The van der Waals surface area contributed by atoms with Crippen molar-refractivity contribution in [1.82, 2.24) is 10.2 Å². The molecule has 1 fully saturated rings. The van der Waals surface area contributed by atoms with Crippen LogP contribution in [0.2, 0.25) is 0 Å². The Balaban J connectivity index is 1.71. The maximum Gasteiger partial charge on any atom is 0.317 e. The molecule has 3 N–H and O–H groups in total. The summed E-state index contributed by atoms with van der Waals surface area (Å²) in [6, 6.07) is 3.52. The predicted molar refractivity (Wildman–Crippen MR) is 69.1 cm³/mol. The number of amides is 3. The van der Waals surface area contributed by atoms with Gasteiger partial charge in [0.2, 0.25) is 5.91 Å². The molecule has 1 aliphatic heterocycles. The number of nitrogens with two attached hydrogens (primary N) is 1. The fourth-order valence-corrected chi connectivity index (χ4v) is 2.31. The van der Waals surface area contributed by atoms with Crippen molar-refractivity contribution in [2.75, 3.05) is 13.1 Å². The van der Waals surface area contributed by atoms with Crippen molar-refractivity contribution < 1.29 is 14.0 Å². The van der Waals surface area contributed by atoms with Crippen molar-refractivity contribution in [1.29, 1.82) is 0 Å². The molecule has 1 aromatic rings. The van der Waals surface area contributed by atoms with Crippen LogP contribution >= 0.6 is 0 Å². The Bertz CT molecular complexity index is 422. The van der Waals surface area contributed by atoms with E-state index in [1.165, 1.54) is 0 Å². The monoisotopic (exact) mass is 265 g/mol. The van der Waals surface area contributed by atoms with E-state index in [4.69, 9.17) is 10.2 Å². The number of nitrogens with zero attached hydrogens (tertiary/aromatic N) is 1. The van der Waals surface area contributed by atoms with Crippen LogP contribution < -0.4 is 11.1 Å². The highest BCUT2D eigenvalue weighted by atomic mass is 16.3. The predicted octanol–water partition coefficient (Wildman–Crippen LogP) is 1.08. The second kappa shape index (κ2) is 6.26. The molecule has 0 radical (unpaired) electrons. The van der Waals surface area contributed by atoms with Crippen molar-refractivity contribution >= 4 is 11.9 Å². The summed E-state index contributed by atoms with van der Waals surface area (Å²) in [5.74, 6) is 0.782. The SMILES string of the molecule is NC(=O)CC1CCN(C(=O)NCc2ccco2)CC1. The van der Waals surface area contributed by atoms with E-state index in [9.17, 15) is 9.59 Å². The first kappa shape index (κ1) is 13.5. The average Bonchev–Trinajstić information content (AvgIpc) is 2.89. The van der Waals surface area contributed by atoms with Gasteiger partial charge in [0.1, 0.15) is 5.76 Å². The van der Waals surface area contributed by atoms with Gasteiger partial charge in [-0.25, -0.2) is 4.79 Å². The van der Waals surface area contributed by atoms with Crippen LogP contribution in [0.25, 0.3) is 0 Å². The summed E-state index contributed by atoms with van der Waals surface area (Å²) in [6.07, 6.45) is 3.66. The molecule has 2 heterocycles. The van der Waals surface area contributed by atoms with Gasteiger partial charge in [-0.15, -0.1) is 0 Å². The summed E-state index contributed by atoms with van der Waals surface area (Å²) in [5, 5.41) is 2.81. The van der Waals surface area contributed by atoms with Gasteiger partial charge in [-0.05, 0) is 30.9 Å². The number of nitrogens with one attached hydrogen (secondary N) is 1. The summed E-state index contributed by atoms with van der Waals surface area (Å²) in [7, 11) is 0. The number of hydrogen-bond acceptors (Lipinski definition) is 3. The van der Waals surface area contributed by atoms with E-state index in [0.29, 0.717) is 32.0 Å². The van der Waals surface area contributed by atoms with E-state index >= 15 is 0 Å². The van der Waals surface area contributed by atoms with Crippen LogP contribution in [0.4, 0.5) is 4.79 Å². The largest absolute Gasteiger partial charge is 0.467 e. The van der Waals surface area contributed by atoms with Crippen LogP contribution in [-0.2, 0) is 11.3 Å². The Morgan fingerprint density at radius 2 is 2.16 bits per heavy atom. The maximum atomic E-state index is 11.9. The minimum atomic E-state index is -0.263. The lowest BCUT2D eigenvalue weighted by atomic mass is 9.93. The smallest absolute Gasteiger partial charge is 0.317 e. The third kappa shape index (κ3) is 4.01. The van der Waals surface area contributed by atoms with Gasteiger partial charge in [-0.2, -0.15) is 0 Å². The lowest BCUT2D eigenvalue weighted by Gasteiger charge is -2.31. The Morgan fingerprint density at radius 3 is 2.74 bits per heavy atom. The fourth-order valence-electron chi connectivity index (χ4n) is 2.31. The number of piperidine rings is 1. The van der Waals surface area contributed by atoms with Crippen LogP contribution in [0, 0.1) is 5.92 Å². The first-order chi connectivity index (χ1) is 9.15. The second-order valence-electron chi connectivity index (χ2n) is 4.84. The fraction of sp³-hybridized carbons (Fsp3) is 0.538. The maximum absolute atomic E-state index is 11.9. The zero-order chi connectivity index (χ0) is 13.7. The standard InChI is InChI=1S/C13H19N3O3/c14-12(17)8-10-3-5-16(6-4-10)13(18)15-9-11-2-1-7-19-11/h1-2,7,10H,3-6,8-9H2,(H2,14,17)(H,15,18). The molecule has 1 saturated heterocycles. The van der Waals surface area contributed by atoms with E-state index in [1.807, 2.05) is 6.07 Å². The number of furan rings is 1. The van der Waals surface area contributed by atoms with Crippen LogP contribution in [-0.4, -0.2) is 29.9 Å². The highest BCUT2D eigenvalue weighted by Gasteiger charge is 2.23. The second-order valence-corrected chi connectivity index (χ2v) is 4.84. The molecule has 2 rings (SSSR count). The van der Waals surface area contributed by atoms with Crippen LogP contribution in [0.3, 0.4) is 0 Å². The molecule has 3 amide bonds. The Kier molecular flexibility index (Phi) is 4.43. The van der Waals surface area contributed by atoms with Crippen molar-refractivity contribution in [2.24, 2.45) is 11.7 Å². The highest BCUT2D eigenvalue weighted by Crippen LogP contribution is 2.20. The number of hydrogen-bond donors (Lipinski definition) is 2. The van der Waals surface area contributed by atoms with E-state index in [2.05, 4.69) is 5.32 Å². The molecular weight excluding hydrogens is 246 g/mol. The molecule has 1 aromatic heterocycles. The number of carbonyl (C=O) groups excluding carboxylic acids is 2. The summed E-state index contributed by atoms with van der Waals surface area (Å²) >= 11 is 0. The molecule has 104 valence electrons. The van der Waals surface area contributed by atoms with Gasteiger partial charge in [-0.3, -0.25) is 4.79 Å². The molecule has 19 heavy (non-hydrogen) atoms. The van der Waals surface area contributed by atoms with E-state index < -0.39 is 0 Å². The highest BCUT2D eigenvalue weighted by molar-refractivity contribution is 5.75. The summed E-state index contributed by atoms with van der Waals surface area (Å²) in [4.78, 5) is 24.5. The number of primary amides is 1. The van der Waals surface area contributed by atoms with Crippen LogP contribution in [0.15, 0.2) is 22.8 Å². The third-order valence-corrected chi connectivity index (χ3v) is 3.39. The van der Waals surface area contributed by atoms with Crippen LogP contribution in [0.1, 0.15) is 25.0 Å². The molecule has 6 heteroatoms. The molecular formula is C13H19N3O3. The minimum Gasteiger partial charge on any atom is -0.467 e. The number of carbonyl (C=O) groups is 2. The number of rotatable bonds is 4. The Labute approximate surface area is 111 Å². The van der Waals surface area contributed by atoms with E-state index in [1.54, 1.807) is 17.2 Å². The summed E-state index contributed by atoms with van der Waals surface area (Å²) in [5.41, 5.74) is 5.18. The van der Waals surface area contributed by atoms with Gasteiger partial charge >= 0.3 is 6.03 Å². The average molecular weight is 265 g/mol. The minimum absolute atomic E-state index is 0.0890. The van der Waals surface area contributed by atoms with Gasteiger partial charge in [0.05, 0.1) is 12.8 Å². The Hall–Kier alpha value is -1.98. The number of urea groups is 1. The van der Waals surface area contributed by atoms with Gasteiger partial charge < -0.3 is 20.4 Å². The lowest BCUT2D eigenvalue weighted by Crippen LogP contribution is -2.44. The zero-order valence-corrected chi connectivity index (χ0v) is 10.8. The van der Waals surface area contributed by atoms with Gasteiger partial charge in [0.25, 0.3) is 0 Å². The molecule has 0 spiro atoms. The Morgan fingerprint density at radius 1 is 1.42 bits per heavy atom. The molecule has 0 aliphatic carbocycles. The molecule has 6 nitrogen and oxygen atoms in total. The molecule has 1 aliphatic rings. The van der Waals surface area contributed by atoms with Gasteiger partial charge in [0, 0.05) is 19.5 Å². The van der Waals surface area contributed by atoms with Gasteiger partial charge in [-0.1, -0.05) is 0 Å². The van der Waals surface area contributed by atoms with E-state index in [0.717, 1.165) is 18.6 Å². The van der Waals surface area contributed by atoms with Gasteiger partial charge in [0.15, 0.2) is 0 Å². The third-order valence-electron chi connectivity index (χ3n) is 3.39. The molecule has 0 bridgehead atoms. The summed E-state index contributed by atoms with van der Waals surface area (Å²) < 4.78 is 5.15. The van der Waals surface area contributed by atoms with Crippen LogP contribution in [0.5, 0.6) is 0 Å². The topological polar surface area (TPSA) is 88.6 Å². The first-order valence-electron chi connectivity index (χ1n) is 6.48. The molecule has 0 saturated carbocycles. The molecule has 0 aromatic carbocycles. The molecule has 0 atom stereocenters. The van der Waals surface area contributed by atoms with Crippen molar-refractivity contribution in [3.63, 3.8) is 0 Å². The van der Waals surface area contributed by atoms with Crippen molar-refractivity contribution in [3.05, 3.63) is 24.2 Å². The van der Waals surface area contributed by atoms with Crippen molar-refractivity contribution in [2.45, 2.75) is 25.8 Å². The lowest BCUT2D eigenvalue weighted by molar-refractivity contribution is -0.119. The number of likely N-dealkylation sites (tertiary alicyclic amines) is 1. The van der Waals surface area contributed by atoms with E-state index in [-0.39, 0.29) is 11.9 Å². The first-order valence-corrected chi connectivity index (χ1v) is 6.48. The quantitative estimate of drug-likeness (QED) is 0.853. The van der Waals surface area contributed by atoms with Crippen molar-refractivity contribution in [3.8, 4) is 0 Å². The normalized spacial score (nSPS) is 16.3. The zero-order valence-electron chi connectivity index (χ0n) is 10.8.